The Kier molecular flexibility index (Phi) is 5.08. The maximum atomic E-state index is 12.2. The normalized spacial score (nSPS) is 18.8. The zero-order chi connectivity index (χ0) is 19.5. The van der Waals surface area contributed by atoms with Crippen molar-refractivity contribution < 1.29 is 9.53 Å². The fraction of sp³-hybridized carbons (Fsp3) is 0.286. The van der Waals surface area contributed by atoms with E-state index in [0.29, 0.717) is 17.2 Å². The third-order valence-corrected chi connectivity index (χ3v) is 5.15. The van der Waals surface area contributed by atoms with E-state index in [-0.39, 0.29) is 6.04 Å². The van der Waals surface area contributed by atoms with Crippen LogP contribution in [0.25, 0.3) is 11.1 Å². The monoisotopic (exact) mass is 377 g/mol. The van der Waals surface area contributed by atoms with Gasteiger partial charge in [-0.15, -0.1) is 0 Å². The number of nitrogens with one attached hydrogen (secondary N) is 2. The minimum Gasteiger partial charge on any atom is -0.465 e. The number of methoxy groups -OCH3 is 1. The topological polar surface area (TPSA) is 81.1 Å². The number of rotatable bonds is 5. The van der Waals surface area contributed by atoms with Crippen molar-refractivity contribution in [3.8, 4) is 11.1 Å². The summed E-state index contributed by atoms with van der Waals surface area (Å²) in [5, 5.41) is 11.5. The van der Waals surface area contributed by atoms with E-state index in [9.17, 15) is 4.79 Å². The molecule has 0 aliphatic carbocycles. The van der Waals surface area contributed by atoms with Crippen LogP contribution < -0.4 is 10.6 Å². The number of anilines is 2. The number of hydrogen-bond acceptors (Lipinski definition) is 6. The second-order valence-electron chi connectivity index (χ2n) is 6.96. The molecule has 0 amide bonds. The lowest BCUT2D eigenvalue weighted by atomic mass is 10.1. The fourth-order valence-corrected chi connectivity index (χ4v) is 3.60. The molecule has 0 spiro atoms. The minimum absolute atomic E-state index is 0.221. The van der Waals surface area contributed by atoms with E-state index in [2.05, 4.69) is 22.5 Å². The van der Waals surface area contributed by atoms with Crippen LogP contribution in [0, 0.1) is 5.92 Å². The van der Waals surface area contributed by atoms with Crippen LogP contribution in [-0.2, 0) is 4.74 Å². The molecule has 2 N–H and O–H groups in total. The third-order valence-electron chi connectivity index (χ3n) is 5.15. The quantitative estimate of drug-likeness (QED) is 0.665. The second-order valence-corrected chi connectivity index (χ2v) is 6.96. The average Bonchev–Trinajstić information content (AvgIpc) is 3.34. The molecule has 0 unspecified atom stereocenters. The summed E-state index contributed by atoms with van der Waals surface area (Å²) in [5.74, 6) is 0.871. The fourth-order valence-electron chi connectivity index (χ4n) is 3.60. The van der Waals surface area contributed by atoms with E-state index in [1.165, 1.54) is 7.11 Å². The molecule has 7 heteroatoms. The third kappa shape index (κ3) is 3.36. The van der Waals surface area contributed by atoms with Gasteiger partial charge in [-0.1, -0.05) is 37.3 Å². The molecule has 4 rings (SSSR count). The molecule has 0 bridgehead atoms. The highest BCUT2D eigenvalue weighted by molar-refractivity contribution is 5.96. The summed E-state index contributed by atoms with van der Waals surface area (Å²) in [6, 6.07) is 12.0. The summed E-state index contributed by atoms with van der Waals surface area (Å²) in [6.45, 7) is 4.01. The van der Waals surface area contributed by atoms with Gasteiger partial charge in [-0.3, -0.25) is 4.98 Å². The predicted molar refractivity (Wildman–Crippen MR) is 108 cm³/mol. The van der Waals surface area contributed by atoms with Gasteiger partial charge < -0.3 is 15.4 Å². The lowest BCUT2D eigenvalue weighted by Gasteiger charge is -2.20. The van der Waals surface area contributed by atoms with E-state index < -0.39 is 5.97 Å². The van der Waals surface area contributed by atoms with Crippen molar-refractivity contribution >= 4 is 17.5 Å². The van der Waals surface area contributed by atoms with Gasteiger partial charge >= 0.3 is 5.97 Å². The first-order chi connectivity index (χ1) is 13.7. The first-order valence-corrected chi connectivity index (χ1v) is 9.32. The van der Waals surface area contributed by atoms with Crippen molar-refractivity contribution in [2.24, 2.45) is 5.92 Å². The average molecular weight is 377 g/mol. The highest BCUT2D eigenvalue weighted by Gasteiger charge is 2.29. The molecular formula is C21H23N5O2. The van der Waals surface area contributed by atoms with Gasteiger partial charge in [0.15, 0.2) is 0 Å². The first-order valence-electron chi connectivity index (χ1n) is 9.32. The van der Waals surface area contributed by atoms with E-state index in [1.54, 1.807) is 18.5 Å². The largest absolute Gasteiger partial charge is 0.465 e. The summed E-state index contributed by atoms with van der Waals surface area (Å²) in [5.41, 5.74) is 3.05. The van der Waals surface area contributed by atoms with Crippen LogP contribution in [0.3, 0.4) is 0 Å². The second kappa shape index (κ2) is 7.82. The van der Waals surface area contributed by atoms with Gasteiger partial charge in [-0.25, -0.2) is 9.48 Å². The van der Waals surface area contributed by atoms with Crippen molar-refractivity contribution in [2.45, 2.75) is 13.0 Å². The number of pyridine rings is 1. The predicted octanol–water partition coefficient (Wildman–Crippen LogP) is 3.26. The molecule has 2 atom stereocenters. The molecule has 1 aliphatic rings. The van der Waals surface area contributed by atoms with E-state index in [4.69, 9.17) is 9.84 Å². The molecule has 3 aromatic rings. The Morgan fingerprint density at radius 1 is 1.21 bits per heavy atom. The Morgan fingerprint density at radius 3 is 2.75 bits per heavy atom. The van der Waals surface area contributed by atoms with Crippen LogP contribution in [0.15, 0.2) is 55.0 Å². The van der Waals surface area contributed by atoms with E-state index >= 15 is 0 Å². The maximum absolute atomic E-state index is 12.2. The number of carbonyl (C=O) groups is 1. The molecule has 1 saturated heterocycles. The number of benzene rings is 1. The molecule has 28 heavy (non-hydrogen) atoms. The van der Waals surface area contributed by atoms with Crippen molar-refractivity contribution in [1.82, 2.24) is 20.1 Å². The molecule has 1 aliphatic heterocycles. The Morgan fingerprint density at radius 2 is 2.04 bits per heavy atom. The van der Waals surface area contributed by atoms with Gasteiger partial charge in [-0.2, -0.15) is 5.10 Å². The molecule has 0 radical (unpaired) electrons. The van der Waals surface area contributed by atoms with Gasteiger partial charge in [0.05, 0.1) is 36.8 Å². The number of esters is 1. The van der Waals surface area contributed by atoms with Gasteiger partial charge in [0, 0.05) is 18.3 Å². The lowest BCUT2D eigenvalue weighted by Crippen LogP contribution is -2.19. The summed E-state index contributed by atoms with van der Waals surface area (Å²) in [6.07, 6.45) is 5.08. The summed E-state index contributed by atoms with van der Waals surface area (Å²) in [4.78, 5) is 16.4. The van der Waals surface area contributed by atoms with E-state index in [1.807, 2.05) is 41.2 Å². The van der Waals surface area contributed by atoms with Crippen molar-refractivity contribution in [3.63, 3.8) is 0 Å². The molecule has 0 saturated carbocycles. The van der Waals surface area contributed by atoms with Crippen LogP contribution in [0.1, 0.15) is 23.3 Å². The van der Waals surface area contributed by atoms with Gasteiger partial charge in [0.1, 0.15) is 5.82 Å². The Bertz CT molecular complexity index is 970. The number of ether oxygens (including phenoxy) is 1. The number of carbonyl (C=O) groups excluding carboxylic acids is 1. The number of hydrogen-bond donors (Lipinski definition) is 2. The van der Waals surface area contributed by atoms with Crippen molar-refractivity contribution in [1.29, 1.82) is 0 Å². The molecule has 3 heterocycles. The molecule has 7 nitrogen and oxygen atoms in total. The number of aromatic nitrogens is 3. The SMILES string of the molecule is COC(=O)c1ccncc1Nc1c(-c2ccccc2)cnn1[C@@H]1CNC[C@H]1C. The molecule has 1 aromatic carbocycles. The van der Waals surface area contributed by atoms with Crippen LogP contribution in [0.2, 0.25) is 0 Å². The first kappa shape index (κ1) is 18.2. The van der Waals surface area contributed by atoms with Crippen LogP contribution in [-0.4, -0.2) is 40.9 Å². The molecule has 144 valence electrons. The lowest BCUT2D eigenvalue weighted by molar-refractivity contribution is 0.0602. The zero-order valence-corrected chi connectivity index (χ0v) is 15.9. The van der Waals surface area contributed by atoms with Crippen molar-refractivity contribution in [2.75, 3.05) is 25.5 Å². The van der Waals surface area contributed by atoms with Crippen LogP contribution in [0.5, 0.6) is 0 Å². The summed E-state index contributed by atoms with van der Waals surface area (Å²) in [7, 11) is 1.37. The summed E-state index contributed by atoms with van der Waals surface area (Å²) < 4.78 is 6.93. The smallest absolute Gasteiger partial charge is 0.340 e. The molecule has 2 aromatic heterocycles. The Balaban J connectivity index is 1.81. The van der Waals surface area contributed by atoms with Crippen LogP contribution in [0.4, 0.5) is 11.5 Å². The van der Waals surface area contributed by atoms with Gasteiger partial charge in [0.25, 0.3) is 0 Å². The molecular weight excluding hydrogens is 354 g/mol. The minimum atomic E-state index is -0.409. The Labute approximate surface area is 163 Å². The Hall–Kier alpha value is -3.19. The van der Waals surface area contributed by atoms with E-state index in [0.717, 1.165) is 30.0 Å². The van der Waals surface area contributed by atoms with Crippen LogP contribution >= 0.6 is 0 Å². The number of nitrogens with zero attached hydrogens (tertiary/aromatic N) is 3. The van der Waals surface area contributed by atoms with Crippen molar-refractivity contribution in [3.05, 3.63) is 60.6 Å². The van der Waals surface area contributed by atoms with Gasteiger partial charge in [-0.05, 0) is 24.1 Å². The highest BCUT2D eigenvalue weighted by Crippen LogP contribution is 2.35. The maximum Gasteiger partial charge on any atom is 0.340 e. The highest BCUT2D eigenvalue weighted by atomic mass is 16.5. The molecule has 1 fully saturated rings. The summed E-state index contributed by atoms with van der Waals surface area (Å²) >= 11 is 0. The van der Waals surface area contributed by atoms with Gasteiger partial charge in [0.2, 0.25) is 0 Å². The zero-order valence-electron chi connectivity index (χ0n) is 15.9. The standard InChI is InChI=1S/C21H23N5O2/c1-14-10-23-13-19(14)26-20(17(11-24-26)15-6-4-3-5-7-15)25-18-12-22-9-8-16(18)21(27)28-2/h3-9,11-12,14,19,23,25H,10,13H2,1-2H3/t14-,19-/m1/s1.